The van der Waals surface area contributed by atoms with Crippen LogP contribution in [0.5, 0.6) is 0 Å². The minimum absolute atomic E-state index is 0.0190. The van der Waals surface area contributed by atoms with Gasteiger partial charge < -0.3 is 10.6 Å². The molecule has 2 aliphatic rings. The number of hydrogen-bond donors (Lipinski definition) is 2. The third-order valence-corrected chi connectivity index (χ3v) is 5.18. The number of fused-ring (bicyclic) bond motifs is 1. The van der Waals surface area contributed by atoms with E-state index in [1.54, 1.807) is 25.2 Å². The van der Waals surface area contributed by atoms with E-state index in [9.17, 15) is 14.4 Å². The molecule has 1 aromatic carbocycles. The Morgan fingerprint density at radius 1 is 1.15 bits per heavy atom. The Morgan fingerprint density at radius 2 is 1.88 bits per heavy atom. The summed E-state index contributed by atoms with van der Waals surface area (Å²) in [5, 5.41) is 10.3. The SMILES string of the molecule is Cn1nc(C(=O)NC2CCCC2)c(=O)c2cc(NC(=O)C3CC3)ccc21. The third kappa shape index (κ3) is 3.21. The van der Waals surface area contributed by atoms with Crippen molar-refractivity contribution in [1.29, 1.82) is 0 Å². The highest BCUT2D eigenvalue weighted by molar-refractivity contribution is 5.98. The molecule has 0 bridgehead atoms. The van der Waals surface area contributed by atoms with E-state index in [4.69, 9.17) is 0 Å². The fourth-order valence-corrected chi connectivity index (χ4v) is 3.52. The average Bonchev–Trinajstić information content (AvgIpc) is 3.36. The van der Waals surface area contributed by atoms with Crippen molar-refractivity contribution in [3.8, 4) is 0 Å². The molecule has 0 atom stereocenters. The Kier molecular flexibility index (Phi) is 4.22. The van der Waals surface area contributed by atoms with Crippen molar-refractivity contribution in [1.82, 2.24) is 15.1 Å². The summed E-state index contributed by atoms with van der Waals surface area (Å²) in [5.41, 5.74) is 0.686. The largest absolute Gasteiger partial charge is 0.348 e. The minimum atomic E-state index is -0.424. The summed E-state index contributed by atoms with van der Waals surface area (Å²) in [6.45, 7) is 0. The molecule has 2 aliphatic carbocycles. The van der Waals surface area contributed by atoms with E-state index in [1.165, 1.54) is 4.68 Å². The first-order chi connectivity index (χ1) is 12.5. The zero-order valence-corrected chi connectivity index (χ0v) is 14.7. The molecule has 0 unspecified atom stereocenters. The summed E-state index contributed by atoms with van der Waals surface area (Å²) in [7, 11) is 1.70. The predicted molar refractivity (Wildman–Crippen MR) is 98.1 cm³/mol. The minimum Gasteiger partial charge on any atom is -0.348 e. The number of rotatable bonds is 4. The monoisotopic (exact) mass is 354 g/mol. The molecule has 1 aromatic heterocycles. The van der Waals surface area contributed by atoms with E-state index in [0.717, 1.165) is 38.5 Å². The molecule has 2 fully saturated rings. The Hall–Kier alpha value is -2.70. The lowest BCUT2D eigenvalue weighted by atomic mass is 10.1. The quantitative estimate of drug-likeness (QED) is 0.878. The second kappa shape index (κ2) is 6.55. The highest BCUT2D eigenvalue weighted by Gasteiger charge is 2.29. The summed E-state index contributed by atoms with van der Waals surface area (Å²) >= 11 is 0. The lowest BCUT2D eigenvalue weighted by Gasteiger charge is -2.13. The van der Waals surface area contributed by atoms with Crippen molar-refractivity contribution in [2.24, 2.45) is 13.0 Å². The predicted octanol–water partition coefficient (Wildman–Crippen LogP) is 1.95. The number of hydrogen-bond acceptors (Lipinski definition) is 4. The van der Waals surface area contributed by atoms with Crippen LogP contribution in [0.3, 0.4) is 0 Å². The van der Waals surface area contributed by atoms with Gasteiger partial charge in [-0.3, -0.25) is 19.1 Å². The number of amides is 2. The highest BCUT2D eigenvalue weighted by atomic mass is 16.2. The maximum atomic E-state index is 12.8. The Bertz CT molecular complexity index is 940. The maximum absolute atomic E-state index is 12.8. The van der Waals surface area contributed by atoms with Crippen LogP contribution in [-0.4, -0.2) is 27.6 Å². The van der Waals surface area contributed by atoms with Crippen LogP contribution in [0.1, 0.15) is 49.0 Å². The van der Waals surface area contributed by atoms with Gasteiger partial charge in [-0.05, 0) is 43.9 Å². The molecule has 7 nitrogen and oxygen atoms in total. The third-order valence-electron chi connectivity index (χ3n) is 5.18. The topological polar surface area (TPSA) is 93.1 Å². The van der Waals surface area contributed by atoms with Crippen LogP contribution in [0.4, 0.5) is 5.69 Å². The van der Waals surface area contributed by atoms with Gasteiger partial charge in [0.05, 0.1) is 10.9 Å². The van der Waals surface area contributed by atoms with Crippen molar-refractivity contribution < 1.29 is 9.59 Å². The van der Waals surface area contributed by atoms with Crippen LogP contribution >= 0.6 is 0 Å². The van der Waals surface area contributed by atoms with Crippen molar-refractivity contribution in [3.05, 3.63) is 34.1 Å². The van der Waals surface area contributed by atoms with Gasteiger partial charge in [-0.15, -0.1) is 0 Å². The number of anilines is 1. The van der Waals surface area contributed by atoms with Crippen molar-refractivity contribution in [2.45, 2.75) is 44.6 Å². The number of nitrogens with zero attached hydrogens (tertiary/aromatic N) is 2. The Balaban J connectivity index is 1.67. The van der Waals surface area contributed by atoms with Crippen LogP contribution in [0.25, 0.3) is 10.9 Å². The van der Waals surface area contributed by atoms with Gasteiger partial charge in [-0.2, -0.15) is 5.10 Å². The first kappa shape index (κ1) is 16.8. The van der Waals surface area contributed by atoms with E-state index in [1.807, 2.05) is 0 Å². The molecule has 136 valence electrons. The second-order valence-corrected chi connectivity index (χ2v) is 7.25. The first-order valence-corrected chi connectivity index (χ1v) is 9.16. The molecule has 4 rings (SSSR count). The van der Waals surface area contributed by atoms with Crippen molar-refractivity contribution in [3.63, 3.8) is 0 Å². The molecule has 1 heterocycles. The Morgan fingerprint density at radius 3 is 2.58 bits per heavy atom. The fraction of sp³-hybridized carbons (Fsp3) is 0.474. The molecule has 2 amide bonds. The maximum Gasteiger partial charge on any atom is 0.276 e. The zero-order valence-electron chi connectivity index (χ0n) is 14.7. The van der Waals surface area contributed by atoms with Gasteiger partial charge >= 0.3 is 0 Å². The molecule has 2 saturated carbocycles. The van der Waals surface area contributed by atoms with Gasteiger partial charge in [-0.25, -0.2) is 0 Å². The summed E-state index contributed by atoms with van der Waals surface area (Å²) in [6.07, 6.45) is 5.90. The normalized spacial score (nSPS) is 17.4. The first-order valence-electron chi connectivity index (χ1n) is 9.16. The molecule has 2 N–H and O–H groups in total. The lowest BCUT2D eigenvalue weighted by molar-refractivity contribution is -0.117. The van der Waals surface area contributed by atoms with E-state index in [-0.39, 0.29) is 23.6 Å². The number of aromatic nitrogens is 2. The smallest absolute Gasteiger partial charge is 0.276 e. The van der Waals surface area contributed by atoms with Gasteiger partial charge in [0, 0.05) is 24.7 Å². The van der Waals surface area contributed by atoms with Crippen molar-refractivity contribution >= 4 is 28.4 Å². The molecule has 0 spiro atoms. The second-order valence-electron chi connectivity index (χ2n) is 7.25. The van der Waals surface area contributed by atoms with Crippen LogP contribution in [-0.2, 0) is 11.8 Å². The molecule has 0 saturated heterocycles. The van der Waals surface area contributed by atoms with Crippen LogP contribution in [0.15, 0.2) is 23.0 Å². The fourth-order valence-electron chi connectivity index (χ4n) is 3.52. The van der Waals surface area contributed by atoms with Crippen LogP contribution in [0.2, 0.25) is 0 Å². The standard InChI is InChI=1S/C19H22N4O3/c1-23-15-9-8-13(21-18(25)11-6-7-11)10-14(15)17(24)16(22-23)19(26)20-12-4-2-3-5-12/h8-12H,2-7H2,1H3,(H,20,26)(H,21,25). The Labute approximate surface area is 150 Å². The molecule has 7 heteroatoms. The number of aryl methyl sites for hydroxylation is 1. The summed E-state index contributed by atoms with van der Waals surface area (Å²) in [6, 6.07) is 5.24. The van der Waals surface area contributed by atoms with Crippen LogP contribution in [0, 0.1) is 5.92 Å². The lowest BCUT2D eigenvalue weighted by Crippen LogP contribution is -2.37. The molecule has 26 heavy (non-hydrogen) atoms. The van der Waals surface area contributed by atoms with Gasteiger partial charge in [0.2, 0.25) is 11.3 Å². The van der Waals surface area contributed by atoms with Crippen molar-refractivity contribution in [2.75, 3.05) is 5.32 Å². The van der Waals surface area contributed by atoms with E-state index < -0.39 is 11.3 Å². The summed E-state index contributed by atoms with van der Waals surface area (Å²) in [4.78, 5) is 37.3. The number of nitrogens with one attached hydrogen (secondary N) is 2. The number of carbonyl (C=O) groups excluding carboxylic acids is 2. The van der Waals surface area contributed by atoms with Gasteiger partial charge in [-0.1, -0.05) is 12.8 Å². The zero-order chi connectivity index (χ0) is 18.3. The molecular formula is C19H22N4O3. The number of benzene rings is 1. The van der Waals surface area contributed by atoms with E-state index in [0.29, 0.717) is 16.6 Å². The molecule has 0 radical (unpaired) electrons. The summed E-state index contributed by atoms with van der Waals surface area (Å²) < 4.78 is 1.53. The highest BCUT2D eigenvalue weighted by Crippen LogP contribution is 2.30. The molecule has 0 aliphatic heterocycles. The van der Waals surface area contributed by atoms with Crippen LogP contribution < -0.4 is 16.1 Å². The van der Waals surface area contributed by atoms with E-state index in [2.05, 4.69) is 15.7 Å². The van der Waals surface area contributed by atoms with E-state index >= 15 is 0 Å². The van der Waals surface area contributed by atoms with Gasteiger partial charge in [0.1, 0.15) is 0 Å². The average molecular weight is 354 g/mol. The van der Waals surface area contributed by atoms with Gasteiger partial charge in [0.15, 0.2) is 5.69 Å². The molecule has 2 aromatic rings. The molecular weight excluding hydrogens is 332 g/mol. The number of carbonyl (C=O) groups is 2. The summed E-state index contributed by atoms with van der Waals surface area (Å²) in [5.74, 6) is -0.361. The van der Waals surface area contributed by atoms with Gasteiger partial charge in [0.25, 0.3) is 5.91 Å².